The average Bonchev–Trinajstić information content (AvgIpc) is 0.904. The summed E-state index contributed by atoms with van der Waals surface area (Å²) in [7, 11) is 0. The first kappa shape index (κ1) is 124. The quantitative estimate of drug-likeness (QED) is 0.0333. The van der Waals surface area contributed by atoms with E-state index in [4.69, 9.17) is 28.4 Å². The number of esters is 6. The molecule has 7 atom stereocenters. The molecular formula is C112H217N3O12. The minimum Gasteiger partial charge on any atom is -0.466 e. The second kappa shape index (κ2) is 98.7. The number of hydrogen-bond donors (Lipinski definition) is 2. The maximum absolute atomic E-state index is 13.8. The largest absolute Gasteiger partial charge is 0.466 e. The van der Waals surface area contributed by atoms with Crippen molar-refractivity contribution in [3.05, 3.63) is 0 Å². The summed E-state index contributed by atoms with van der Waals surface area (Å²) in [5, 5.41) is 7.51. The van der Waals surface area contributed by atoms with Gasteiger partial charge in [0.05, 0.1) is 39.1 Å². The van der Waals surface area contributed by atoms with Crippen molar-refractivity contribution in [1.29, 1.82) is 0 Å². The van der Waals surface area contributed by atoms with Crippen LogP contribution < -0.4 is 10.6 Å². The molecule has 0 rings (SSSR count). The zero-order valence-electron chi connectivity index (χ0n) is 86.3. The monoisotopic (exact) mass is 1800 g/mol. The summed E-state index contributed by atoms with van der Waals surface area (Å²) in [6.07, 6.45) is 87.0. The Morgan fingerprint density at radius 2 is 0.504 bits per heavy atom. The van der Waals surface area contributed by atoms with Crippen LogP contribution in [0.2, 0.25) is 0 Å². The van der Waals surface area contributed by atoms with E-state index in [2.05, 4.69) is 70.9 Å². The molecule has 0 bridgehead atoms. The van der Waals surface area contributed by atoms with E-state index < -0.39 is 0 Å². The SMILES string of the molecule is CCCCCCCCCC(C)OC(=O)CCCCCNCCN(CCCCCC(=O)OCC(CCCCCC)CCCCCCCC)CCCCCC(=O)OCC(CCCCCCCC)C(CCCCC)CCCCC(CCCCCC)COC(=O)CCCCCCCCC(CCCCCCCCC(=O)OCC(CCCC)CCCCCC)NCCCC(=O)OCC. The summed E-state index contributed by atoms with van der Waals surface area (Å²) >= 11 is 0. The van der Waals surface area contributed by atoms with Crippen molar-refractivity contribution < 1.29 is 57.2 Å². The number of nitrogens with zero attached hydrogens (tertiary/aromatic N) is 1. The lowest BCUT2D eigenvalue weighted by atomic mass is 9.80. The molecule has 0 radical (unpaired) electrons. The average molecular weight is 1800 g/mol. The van der Waals surface area contributed by atoms with E-state index in [9.17, 15) is 28.8 Å². The molecule has 0 saturated heterocycles. The summed E-state index contributed by atoms with van der Waals surface area (Å²) < 4.78 is 35.2. The molecule has 0 spiro atoms. The van der Waals surface area contributed by atoms with Gasteiger partial charge in [0, 0.05) is 57.7 Å². The zero-order valence-corrected chi connectivity index (χ0v) is 86.3. The summed E-state index contributed by atoms with van der Waals surface area (Å²) in [5.74, 6) is 2.01. The van der Waals surface area contributed by atoms with Gasteiger partial charge in [-0.05, 0) is 198 Å². The molecule has 0 aromatic carbocycles. The third-order valence-electron chi connectivity index (χ3n) is 27.2. The second-order valence-electron chi connectivity index (χ2n) is 39.5. The van der Waals surface area contributed by atoms with E-state index in [0.29, 0.717) is 107 Å². The smallest absolute Gasteiger partial charge is 0.306 e. The normalized spacial score (nSPS) is 13.3. The van der Waals surface area contributed by atoms with Crippen molar-refractivity contribution in [3.8, 4) is 0 Å². The number of hydrogen-bond acceptors (Lipinski definition) is 15. The summed E-state index contributed by atoms with van der Waals surface area (Å²) in [6.45, 7) is 30.4. The number of ether oxygens (including phenoxy) is 6. The van der Waals surface area contributed by atoms with Crippen molar-refractivity contribution in [3.63, 3.8) is 0 Å². The Morgan fingerprint density at radius 1 is 0.228 bits per heavy atom. The Hall–Kier alpha value is -3.30. The predicted octanol–water partition coefficient (Wildman–Crippen LogP) is 32.2. The topological polar surface area (TPSA) is 185 Å². The van der Waals surface area contributed by atoms with Gasteiger partial charge in [0.15, 0.2) is 0 Å². The predicted molar refractivity (Wildman–Crippen MR) is 540 cm³/mol. The summed E-state index contributed by atoms with van der Waals surface area (Å²) in [5.41, 5.74) is 0. The van der Waals surface area contributed by atoms with Gasteiger partial charge in [-0.3, -0.25) is 28.8 Å². The Labute approximate surface area is 788 Å². The molecule has 2 N–H and O–H groups in total. The lowest BCUT2D eigenvalue weighted by molar-refractivity contribution is -0.149. The lowest BCUT2D eigenvalue weighted by Gasteiger charge is -2.28. The van der Waals surface area contributed by atoms with E-state index in [1.807, 2.05) is 13.8 Å². The van der Waals surface area contributed by atoms with Crippen LogP contribution in [-0.4, -0.2) is 125 Å². The highest BCUT2D eigenvalue weighted by Crippen LogP contribution is 2.32. The maximum Gasteiger partial charge on any atom is 0.306 e. The first-order valence-corrected chi connectivity index (χ1v) is 56.4. The first-order chi connectivity index (χ1) is 62.2. The fraction of sp³-hybridized carbons (Fsp3) is 0.946. The van der Waals surface area contributed by atoms with Gasteiger partial charge in [-0.25, -0.2) is 0 Å². The summed E-state index contributed by atoms with van der Waals surface area (Å²) in [6, 6.07) is 0.446. The van der Waals surface area contributed by atoms with Gasteiger partial charge in [0.2, 0.25) is 0 Å². The third-order valence-corrected chi connectivity index (χ3v) is 27.2. The van der Waals surface area contributed by atoms with Gasteiger partial charge in [0.25, 0.3) is 0 Å². The van der Waals surface area contributed by atoms with Crippen molar-refractivity contribution in [2.75, 3.05) is 72.3 Å². The third kappa shape index (κ3) is 87.8. The maximum atomic E-state index is 13.8. The molecule has 0 saturated carbocycles. The molecule has 15 heteroatoms. The van der Waals surface area contributed by atoms with E-state index in [1.165, 1.54) is 295 Å². The molecule has 0 aromatic heterocycles. The van der Waals surface area contributed by atoms with E-state index in [-0.39, 0.29) is 41.9 Å². The van der Waals surface area contributed by atoms with Crippen LogP contribution in [0.25, 0.3) is 0 Å². The number of unbranched alkanes of at least 4 members (excludes halogenated alkanes) is 45. The van der Waals surface area contributed by atoms with Crippen molar-refractivity contribution in [2.24, 2.45) is 29.6 Å². The molecule has 0 aliphatic rings. The molecular weight excluding hydrogens is 1580 g/mol. The molecule has 0 aliphatic carbocycles. The number of rotatable bonds is 104. The van der Waals surface area contributed by atoms with Crippen LogP contribution in [0.3, 0.4) is 0 Å². The van der Waals surface area contributed by atoms with Gasteiger partial charge in [-0.2, -0.15) is 0 Å². The molecule has 752 valence electrons. The molecule has 0 amide bonds. The molecule has 7 unspecified atom stereocenters. The molecule has 0 fully saturated rings. The van der Waals surface area contributed by atoms with Gasteiger partial charge in [-0.1, -0.05) is 389 Å². The van der Waals surface area contributed by atoms with Crippen LogP contribution in [0.4, 0.5) is 0 Å². The van der Waals surface area contributed by atoms with Gasteiger partial charge < -0.3 is 44.0 Å². The van der Waals surface area contributed by atoms with E-state index in [0.717, 1.165) is 206 Å². The zero-order chi connectivity index (χ0) is 92.7. The van der Waals surface area contributed by atoms with Gasteiger partial charge >= 0.3 is 35.8 Å². The fourth-order valence-electron chi connectivity index (χ4n) is 18.6. The molecule has 0 heterocycles. The molecule has 0 aromatic rings. The van der Waals surface area contributed by atoms with E-state index in [1.54, 1.807) is 0 Å². The lowest BCUT2D eigenvalue weighted by Crippen LogP contribution is -2.34. The van der Waals surface area contributed by atoms with Crippen LogP contribution >= 0.6 is 0 Å². The van der Waals surface area contributed by atoms with Crippen molar-refractivity contribution >= 4 is 35.8 Å². The first-order valence-electron chi connectivity index (χ1n) is 56.4. The Bertz CT molecular complexity index is 2340. The van der Waals surface area contributed by atoms with E-state index >= 15 is 0 Å². The highest BCUT2D eigenvalue weighted by molar-refractivity contribution is 5.71. The van der Waals surface area contributed by atoms with Crippen molar-refractivity contribution in [2.45, 2.75) is 582 Å². The minimum absolute atomic E-state index is 0.000312. The fourth-order valence-corrected chi connectivity index (χ4v) is 18.6. The molecule has 127 heavy (non-hydrogen) atoms. The minimum atomic E-state index is -0.112. The summed E-state index contributed by atoms with van der Waals surface area (Å²) in [4.78, 5) is 80.3. The molecule has 15 nitrogen and oxygen atoms in total. The Balaban J connectivity index is 5.59. The van der Waals surface area contributed by atoms with Crippen molar-refractivity contribution in [1.82, 2.24) is 15.5 Å². The Kier molecular flexibility index (Phi) is 96.1. The van der Waals surface area contributed by atoms with Gasteiger partial charge in [0.1, 0.15) is 0 Å². The highest BCUT2D eigenvalue weighted by Gasteiger charge is 2.25. The number of carbonyl (C=O) groups is 6. The van der Waals surface area contributed by atoms with Gasteiger partial charge in [-0.15, -0.1) is 0 Å². The van der Waals surface area contributed by atoms with Crippen LogP contribution in [0.1, 0.15) is 570 Å². The van der Waals surface area contributed by atoms with Crippen LogP contribution in [0.5, 0.6) is 0 Å². The van der Waals surface area contributed by atoms with Crippen LogP contribution in [-0.2, 0) is 57.2 Å². The van der Waals surface area contributed by atoms with Crippen LogP contribution in [0, 0.1) is 29.6 Å². The second-order valence-corrected chi connectivity index (χ2v) is 39.5. The number of carbonyl (C=O) groups excluding carboxylic acids is 6. The number of nitrogens with one attached hydrogen (secondary N) is 2. The standard InChI is InChI=1S/C112H217N3O12/c1-11-20-28-34-37-42-53-72-100(10)127-112(121)88-63-49-68-90-113-92-95-115(93-69-50-64-86-110(119)124-97-102(75-55-32-24-15-5)77-57-43-35-29-21-12-2)94-70-51-65-87-111(120)126-99-105(81-58-44-36-30-22-13-3)104(79-52-26-17-7)80-67-66-78-103(76-56-33-25-16-6)98-125-109(118)85-62-48-41-39-46-60-83-106(114-91-71-89-107(116)122-19-9)82-59-45-38-40-47-61-84-108(117)123-96-101(73-27-18-8)74-54-31-23-14-4/h100-106,113-114H,11-99H2,1-10H3. The highest BCUT2D eigenvalue weighted by atomic mass is 16.6. The van der Waals surface area contributed by atoms with Crippen LogP contribution in [0.15, 0.2) is 0 Å². The molecule has 0 aliphatic heterocycles. The Morgan fingerprint density at radius 3 is 0.913 bits per heavy atom.